The van der Waals surface area contributed by atoms with Crippen molar-refractivity contribution in [3.63, 3.8) is 0 Å². The normalized spacial score (nSPS) is 11.8. The van der Waals surface area contributed by atoms with E-state index in [4.69, 9.17) is 14.2 Å². The first-order valence-electron chi connectivity index (χ1n) is 12.3. The zero-order valence-corrected chi connectivity index (χ0v) is 25.3. The van der Waals surface area contributed by atoms with Crippen LogP contribution in [0.25, 0.3) is 0 Å². The van der Waals surface area contributed by atoms with Gasteiger partial charge in [0, 0.05) is 10.2 Å². The van der Waals surface area contributed by atoms with Gasteiger partial charge in [0.05, 0.1) is 24.4 Å². The molecular weight excluding hydrogens is 630 g/mol. The van der Waals surface area contributed by atoms with Crippen LogP contribution in [0.2, 0.25) is 0 Å². The van der Waals surface area contributed by atoms with Crippen LogP contribution in [0.15, 0.2) is 74.7 Å². The number of hydrogen-bond acceptors (Lipinski definition) is 6. The third kappa shape index (κ3) is 8.83. The van der Waals surface area contributed by atoms with Crippen molar-refractivity contribution in [2.24, 2.45) is 16.9 Å². The molecule has 0 spiro atoms. The number of benzene rings is 3. The summed E-state index contributed by atoms with van der Waals surface area (Å²) in [6.07, 6.45) is 1.49. The molecular formula is C29H31Br2N3O5. The Kier molecular flexibility index (Phi) is 11.4. The zero-order valence-electron chi connectivity index (χ0n) is 22.2. The fourth-order valence-corrected chi connectivity index (χ4v) is 4.50. The van der Waals surface area contributed by atoms with Gasteiger partial charge < -0.3 is 19.5 Å². The Morgan fingerprint density at radius 3 is 2.28 bits per heavy atom. The fourth-order valence-electron chi connectivity index (χ4n) is 3.66. The number of methoxy groups -OCH3 is 1. The lowest BCUT2D eigenvalue weighted by Gasteiger charge is -2.18. The zero-order chi connectivity index (χ0) is 28.4. The SMILES string of the molecule is CCOc1cc(C=NNC(=O)C(C(=O)Nc2ccc(OC)cc2)C(C)C)cc(Br)c1OCc1ccc(Br)cc1. The molecule has 2 N–H and O–H groups in total. The van der Waals surface area contributed by atoms with Gasteiger partial charge in [-0.2, -0.15) is 5.10 Å². The number of nitrogens with one attached hydrogen (secondary N) is 2. The first-order valence-corrected chi connectivity index (χ1v) is 13.9. The number of carbonyl (C=O) groups excluding carboxylic acids is 2. The second-order valence-corrected chi connectivity index (χ2v) is 10.6. The van der Waals surface area contributed by atoms with Crippen molar-refractivity contribution < 1.29 is 23.8 Å². The van der Waals surface area contributed by atoms with Crippen molar-refractivity contribution in [2.45, 2.75) is 27.4 Å². The average molecular weight is 661 g/mol. The third-order valence-electron chi connectivity index (χ3n) is 5.61. The van der Waals surface area contributed by atoms with Crippen LogP contribution in [0, 0.1) is 11.8 Å². The summed E-state index contributed by atoms with van der Waals surface area (Å²) in [5, 5.41) is 6.87. The highest BCUT2D eigenvalue weighted by Gasteiger charge is 2.30. The van der Waals surface area contributed by atoms with Gasteiger partial charge in [0.25, 0.3) is 5.91 Å². The highest BCUT2D eigenvalue weighted by atomic mass is 79.9. The van der Waals surface area contributed by atoms with Crippen molar-refractivity contribution in [1.82, 2.24) is 5.43 Å². The average Bonchev–Trinajstić information content (AvgIpc) is 2.89. The lowest BCUT2D eigenvalue weighted by Crippen LogP contribution is -2.39. The minimum absolute atomic E-state index is 0.251. The highest BCUT2D eigenvalue weighted by molar-refractivity contribution is 9.10. The largest absolute Gasteiger partial charge is 0.497 e. The maximum atomic E-state index is 12.9. The molecule has 0 heterocycles. The van der Waals surface area contributed by atoms with Crippen molar-refractivity contribution >= 4 is 55.6 Å². The van der Waals surface area contributed by atoms with E-state index in [-0.39, 0.29) is 5.92 Å². The van der Waals surface area contributed by atoms with Crippen molar-refractivity contribution in [3.8, 4) is 17.2 Å². The molecule has 3 aromatic rings. The van der Waals surface area contributed by atoms with Gasteiger partial charge in [0.15, 0.2) is 11.5 Å². The summed E-state index contributed by atoms with van der Waals surface area (Å²) in [6.45, 7) is 6.30. The second-order valence-electron chi connectivity index (χ2n) is 8.85. The monoisotopic (exact) mass is 659 g/mol. The highest BCUT2D eigenvalue weighted by Crippen LogP contribution is 2.37. The minimum atomic E-state index is -0.940. The smallest absolute Gasteiger partial charge is 0.252 e. The molecule has 1 atom stereocenters. The first-order chi connectivity index (χ1) is 18.7. The van der Waals surface area contributed by atoms with E-state index in [1.54, 1.807) is 51.3 Å². The fraction of sp³-hybridized carbons (Fsp3) is 0.276. The van der Waals surface area contributed by atoms with E-state index in [9.17, 15) is 9.59 Å². The van der Waals surface area contributed by atoms with Gasteiger partial charge in [-0.25, -0.2) is 5.43 Å². The first kappa shape index (κ1) is 30.2. The van der Waals surface area contributed by atoms with Gasteiger partial charge in [0.2, 0.25) is 5.91 Å². The molecule has 0 aliphatic rings. The van der Waals surface area contributed by atoms with Crippen molar-refractivity contribution in [3.05, 3.63) is 80.7 Å². The van der Waals surface area contributed by atoms with Crippen LogP contribution < -0.4 is 25.0 Å². The number of hydrogen-bond donors (Lipinski definition) is 2. The molecule has 2 amide bonds. The number of anilines is 1. The molecule has 0 radical (unpaired) electrons. The van der Waals surface area contributed by atoms with Crippen LogP contribution in [-0.2, 0) is 16.2 Å². The molecule has 0 fully saturated rings. The van der Waals surface area contributed by atoms with E-state index in [0.29, 0.717) is 46.2 Å². The molecule has 3 aromatic carbocycles. The summed E-state index contributed by atoms with van der Waals surface area (Å²) in [6, 6.07) is 18.3. The Morgan fingerprint density at radius 2 is 1.67 bits per heavy atom. The van der Waals surface area contributed by atoms with Crippen LogP contribution in [-0.4, -0.2) is 31.7 Å². The Labute approximate surface area is 245 Å². The molecule has 8 nitrogen and oxygen atoms in total. The number of ether oxygens (including phenoxy) is 3. The number of hydrazone groups is 1. The van der Waals surface area contributed by atoms with Crippen LogP contribution in [0.3, 0.4) is 0 Å². The van der Waals surface area contributed by atoms with Crippen molar-refractivity contribution in [1.29, 1.82) is 0 Å². The lowest BCUT2D eigenvalue weighted by molar-refractivity contribution is -0.134. The maximum absolute atomic E-state index is 12.9. The second kappa shape index (κ2) is 14.7. The molecule has 0 saturated carbocycles. The molecule has 39 heavy (non-hydrogen) atoms. The van der Waals surface area contributed by atoms with E-state index in [1.165, 1.54) is 6.21 Å². The van der Waals surface area contributed by atoms with E-state index >= 15 is 0 Å². The molecule has 0 bridgehead atoms. The minimum Gasteiger partial charge on any atom is -0.497 e. The number of carbonyl (C=O) groups is 2. The third-order valence-corrected chi connectivity index (χ3v) is 6.72. The van der Waals surface area contributed by atoms with E-state index < -0.39 is 17.7 Å². The molecule has 1 unspecified atom stereocenters. The van der Waals surface area contributed by atoms with Crippen LogP contribution in [0.1, 0.15) is 31.9 Å². The molecule has 0 aromatic heterocycles. The Bertz CT molecular complexity index is 1300. The molecule has 206 valence electrons. The predicted molar refractivity (Wildman–Crippen MR) is 159 cm³/mol. The molecule has 0 saturated heterocycles. The molecule has 0 aliphatic heterocycles. The van der Waals surface area contributed by atoms with Gasteiger partial charge in [-0.3, -0.25) is 9.59 Å². The number of halogens is 2. The number of amides is 2. The predicted octanol–water partition coefficient (Wildman–Crippen LogP) is 6.56. The number of rotatable bonds is 12. The Morgan fingerprint density at radius 1 is 0.974 bits per heavy atom. The van der Waals surface area contributed by atoms with Crippen LogP contribution >= 0.6 is 31.9 Å². The van der Waals surface area contributed by atoms with Gasteiger partial charge in [-0.05, 0) is 88.4 Å². The summed E-state index contributed by atoms with van der Waals surface area (Å²) in [5.41, 5.74) is 4.74. The lowest BCUT2D eigenvalue weighted by atomic mass is 9.94. The van der Waals surface area contributed by atoms with E-state index in [1.807, 2.05) is 37.3 Å². The van der Waals surface area contributed by atoms with Crippen molar-refractivity contribution in [2.75, 3.05) is 19.0 Å². The van der Waals surface area contributed by atoms with E-state index in [0.717, 1.165) is 10.0 Å². The molecule has 3 rings (SSSR count). The summed E-state index contributed by atoms with van der Waals surface area (Å²) in [5.74, 6) is -0.346. The van der Waals surface area contributed by atoms with Crippen LogP contribution in [0.5, 0.6) is 17.2 Å². The standard InChI is InChI=1S/C29H31Br2N3O5/c1-5-38-25-15-20(14-24(31)27(25)39-17-19-6-8-21(30)9-7-19)16-32-34-29(36)26(18(2)3)28(35)33-22-10-12-23(37-4)13-11-22/h6-16,18,26H,5,17H2,1-4H3,(H,33,35)(H,34,36). The molecule has 10 heteroatoms. The quantitative estimate of drug-likeness (QED) is 0.130. The van der Waals surface area contributed by atoms with E-state index in [2.05, 4.69) is 47.7 Å². The number of nitrogens with zero attached hydrogens (tertiary/aromatic N) is 1. The Hall–Kier alpha value is -3.37. The van der Waals surface area contributed by atoms with Gasteiger partial charge in [-0.1, -0.05) is 41.9 Å². The van der Waals surface area contributed by atoms with Crippen LogP contribution in [0.4, 0.5) is 5.69 Å². The Balaban J connectivity index is 1.67. The summed E-state index contributed by atoms with van der Waals surface area (Å²) in [7, 11) is 1.57. The van der Waals surface area contributed by atoms with Gasteiger partial charge >= 0.3 is 0 Å². The topological polar surface area (TPSA) is 98.2 Å². The van der Waals surface area contributed by atoms with Gasteiger partial charge in [0.1, 0.15) is 18.3 Å². The summed E-state index contributed by atoms with van der Waals surface area (Å²) < 4.78 is 18.6. The van der Waals surface area contributed by atoms with Gasteiger partial charge in [-0.15, -0.1) is 0 Å². The molecule has 0 aliphatic carbocycles. The summed E-state index contributed by atoms with van der Waals surface area (Å²) in [4.78, 5) is 25.7. The maximum Gasteiger partial charge on any atom is 0.252 e. The summed E-state index contributed by atoms with van der Waals surface area (Å²) >= 11 is 6.99.